The standard InChI is InChI=1S/C16H23N5O2/c1-12(22)17-15-8-10-21(19-15)14-7-9-20(11-14)16(23)18-13-5-3-2-4-6-13/h3,5,8,10,13-14H,2,4,6-7,9,11H2,1H3,(H,18,23)(H,17,19,22)/t13-,14+/m0/s1. The number of carbonyl (C=O) groups is 2. The lowest BCUT2D eigenvalue weighted by Gasteiger charge is -2.23. The van der Waals surface area contributed by atoms with Crippen LogP contribution in [0.4, 0.5) is 10.6 Å². The Labute approximate surface area is 135 Å². The molecule has 0 spiro atoms. The highest BCUT2D eigenvalue weighted by atomic mass is 16.2. The third kappa shape index (κ3) is 3.91. The molecule has 1 fully saturated rings. The average Bonchev–Trinajstić information content (AvgIpc) is 3.16. The Bertz CT molecular complexity index is 609. The quantitative estimate of drug-likeness (QED) is 0.836. The third-order valence-corrected chi connectivity index (χ3v) is 4.30. The second-order valence-electron chi connectivity index (χ2n) is 6.17. The van der Waals surface area contributed by atoms with Crippen LogP contribution in [-0.2, 0) is 4.79 Å². The first-order valence-electron chi connectivity index (χ1n) is 8.16. The first kappa shape index (κ1) is 15.6. The maximum absolute atomic E-state index is 12.3. The molecule has 23 heavy (non-hydrogen) atoms. The van der Waals surface area contributed by atoms with E-state index in [1.54, 1.807) is 6.07 Å². The van der Waals surface area contributed by atoms with Crippen LogP contribution in [0.2, 0.25) is 0 Å². The summed E-state index contributed by atoms with van der Waals surface area (Å²) in [5, 5.41) is 10.1. The van der Waals surface area contributed by atoms with Gasteiger partial charge < -0.3 is 15.5 Å². The molecular weight excluding hydrogens is 294 g/mol. The molecule has 1 aliphatic heterocycles. The number of likely N-dealkylation sites (tertiary alicyclic amines) is 1. The van der Waals surface area contributed by atoms with Crippen LogP contribution in [0.1, 0.15) is 38.6 Å². The van der Waals surface area contributed by atoms with E-state index in [-0.39, 0.29) is 24.0 Å². The number of nitrogens with zero attached hydrogens (tertiary/aromatic N) is 3. The van der Waals surface area contributed by atoms with E-state index in [1.807, 2.05) is 15.8 Å². The summed E-state index contributed by atoms with van der Waals surface area (Å²) in [6, 6.07) is 2.09. The average molecular weight is 317 g/mol. The van der Waals surface area contributed by atoms with Crippen LogP contribution in [0.5, 0.6) is 0 Å². The summed E-state index contributed by atoms with van der Waals surface area (Å²) in [7, 11) is 0. The first-order chi connectivity index (χ1) is 11.1. The molecule has 1 aromatic rings. The molecule has 3 rings (SSSR count). The molecule has 1 saturated heterocycles. The van der Waals surface area contributed by atoms with Gasteiger partial charge >= 0.3 is 6.03 Å². The Morgan fingerprint density at radius 3 is 2.96 bits per heavy atom. The Kier molecular flexibility index (Phi) is 4.64. The number of allylic oxidation sites excluding steroid dienone is 1. The van der Waals surface area contributed by atoms with Gasteiger partial charge in [0.05, 0.1) is 6.04 Å². The lowest BCUT2D eigenvalue weighted by atomic mass is 10.0. The summed E-state index contributed by atoms with van der Waals surface area (Å²) < 4.78 is 1.83. The van der Waals surface area contributed by atoms with Crippen molar-refractivity contribution in [1.82, 2.24) is 20.0 Å². The van der Waals surface area contributed by atoms with E-state index in [0.717, 1.165) is 32.2 Å². The van der Waals surface area contributed by atoms with Crippen molar-refractivity contribution in [2.45, 2.75) is 44.7 Å². The van der Waals surface area contributed by atoms with Crippen LogP contribution in [-0.4, -0.2) is 45.8 Å². The van der Waals surface area contributed by atoms with Gasteiger partial charge in [0.1, 0.15) is 0 Å². The SMILES string of the molecule is CC(=O)Nc1ccn([C@@H]2CCN(C(=O)N[C@H]3C=CCCC3)C2)n1. The molecule has 0 aromatic carbocycles. The summed E-state index contributed by atoms with van der Waals surface area (Å²) >= 11 is 0. The van der Waals surface area contributed by atoms with Gasteiger partial charge in [0, 0.05) is 38.3 Å². The van der Waals surface area contributed by atoms with E-state index in [4.69, 9.17) is 0 Å². The number of hydrogen-bond acceptors (Lipinski definition) is 3. The fourth-order valence-corrected chi connectivity index (χ4v) is 3.11. The molecule has 3 amide bonds. The maximum Gasteiger partial charge on any atom is 0.317 e. The van der Waals surface area contributed by atoms with Crippen molar-refractivity contribution in [3.8, 4) is 0 Å². The molecule has 2 heterocycles. The van der Waals surface area contributed by atoms with Gasteiger partial charge in [0.25, 0.3) is 0 Å². The second-order valence-corrected chi connectivity index (χ2v) is 6.17. The summed E-state index contributed by atoms with van der Waals surface area (Å²) in [5.41, 5.74) is 0. The Hall–Kier alpha value is -2.31. The molecule has 2 atom stereocenters. The van der Waals surface area contributed by atoms with E-state index < -0.39 is 0 Å². The lowest BCUT2D eigenvalue weighted by Crippen LogP contribution is -2.43. The minimum absolute atomic E-state index is 0.00158. The largest absolute Gasteiger partial charge is 0.332 e. The number of carbonyl (C=O) groups excluding carboxylic acids is 2. The van der Waals surface area contributed by atoms with Crippen LogP contribution >= 0.6 is 0 Å². The zero-order valence-corrected chi connectivity index (χ0v) is 13.4. The highest BCUT2D eigenvalue weighted by Gasteiger charge is 2.28. The Morgan fingerprint density at radius 1 is 1.35 bits per heavy atom. The minimum Gasteiger partial charge on any atom is -0.332 e. The third-order valence-electron chi connectivity index (χ3n) is 4.30. The second kappa shape index (κ2) is 6.85. The Balaban J connectivity index is 1.54. The molecule has 2 N–H and O–H groups in total. The van der Waals surface area contributed by atoms with Gasteiger partial charge in [-0.1, -0.05) is 12.2 Å². The fourth-order valence-electron chi connectivity index (χ4n) is 3.11. The van der Waals surface area contributed by atoms with Gasteiger partial charge in [-0.3, -0.25) is 9.48 Å². The van der Waals surface area contributed by atoms with Crippen LogP contribution in [0.15, 0.2) is 24.4 Å². The first-order valence-corrected chi connectivity index (χ1v) is 8.16. The van der Waals surface area contributed by atoms with Crippen LogP contribution in [0, 0.1) is 0 Å². The van der Waals surface area contributed by atoms with Crippen molar-refractivity contribution in [1.29, 1.82) is 0 Å². The summed E-state index contributed by atoms with van der Waals surface area (Å²) in [5.74, 6) is 0.413. The normalized spacial score (nSPS) is 23.8. The Morgan fingerprint density at radius 2 is 2.22 bits per heavy atom. The molecule has 1 aromatic heterocycles. The number of rotatable bonds is 3. The molecule has 0 unspecified atom stereocenters. The van der Waals surface area contributed by atoms with Crippen molar-refractivity contribution in [3.63, 3.8) is 0 Å². The van der Waals surface area contributed by atoms with Gasteiger partial charge in [-0.2, -0.15) is 5.10 Å². The van der Waals surface area contributed by atoms with Crippen LogP contribution in [0.3, 0.4) is 0 Å². The molecular formula is C16H23N5O2. The molecule has 2 aliphatic rings. The van der Waals surface area contributed by atoms with Gasteiger partial charge in [-0.15, -0.1) is 0 Å². The molecule has 7 nitrogen and oxygen atoms in total. The van der Waals surface area contributed by atoms with Gasteiger partial charge in [-0.25, -0.2) is 4.79 Å². The van der Waals surface area contributed by atoms with E-state index in [1.165, 1.54) is 6.92 Å². The predicted octanol–water partition coefficient (Wildman–Crippen LogP) is 1.91. The molecule has 124 valence electrons. The van der Waals surface area contributed by atoms with E-state index >= 15 is 0 Å². The minimum atomic E-state index is -0.136. The number of urea groups is 1. The molecule has 0 bridgehead atoms. The van der Waals surface area contributed by atoms with Crippen LogP contribution < -0.4 is 10.6 Å². The van der Waals surface area contributed by atoms with Crippen molar-refractivity contribution >= 4 is 17.8 Å². The highest BCUT2D eigenvalue weighted by molar-refractivity contribution is 5.87. The molecule has 7 heteroatoms. The van der Waals surface area contributed by atoms with E-state index in [2.05, 4.69) is 27.9 Å². The van der Waals surface area contributed by atoms with Crippen molar-refractivity contribution in [3.05, 3.63) is 24.4 Å². The van der Waals surface area contributed by atoms with E-state index in [9.17, 15) is 9.59 Å². The maximum atomic E-state index is 12.3. The van der Waals surface area contributed by atoms with Crippen LogP contribution in [0.25, 0.3) is 0 Å². The zero-order valence-electron chi connectivity index (χ0n) is 13.4. The number of anilines is 1. The van der Waals surface area contributed by atoms with Crippen molar-refractivity contribution in [2.75, 3.05) is 18.4 Å². The van der Waals surface area contributed by atoms with Gasteiger partial charge in [0.15, 0.2) is 5.82 Å². The lowest BCUT2D eigenvalue weighted by molar-refractivity contribution is -0.114. The highest BCUT2D eigenvalue weighted by Crippen LogP contribution is 2.22. The van der Waals surface area contributed by atoms with Crippen molar-refractivity contribution < 1.29 is 9.59 Å². The number of nitrogens with one attached hydrogen (secondary N) is 2. The summed E-state index contributed by atoms with van der Waals surface area (Å²) in [4.78, 5) is 25.2. The smallest absolute Gasteiger partial charge is 0.317 e. The van der Waals surface area contributed by atoms with Gasteiger partial charge in [-0.05, 0) is 25.7 Å². The monoisotopic (exact) mass is 317 g/mol. The number of amides is 3. The molecule has 0 radical (unpaired) electrons. The van der Waals surface area contributed by atoms with E-state index in [0.29, 0.717) is 12.4 Å². The summed E-state index contributed by atoms with van der Waals surface area (Å²) in [6.45, 7) is 2.83. The topological polar surface area (TPSA) is 79.3 Å². The van der Waals surface area contributed by atoms with Gasteiger partial charge in [0.2, 0.25) is 5.91 Å². The number of hydrogen-bond donors (Lipinski definition) is 2. The molecule has 0 saturated carbocycles. The summed E-state index contributed by atoms with van der Waals surface area (Å²) in [6.07, 6.45) is 10.2. The zero-order chi connectivity index (χ0) is 16.2. The predicted molar refractivity (Wildman–Crippen MR) is 87.1 cm³/mol. The van der Waals surface area contributed by atoms with Crippen molar-refractivity contribution in [2.24, 2.45) is 0 Å². The fraction of sp³-hybridized carbons (Fsp3) is 0.562. The molecule has 1 aliphatic carbocycles. The number of aromatic nitrogens is 2.